The highest BCUT2D eigenvalue weighted by atomic mass is 16.5. The first-order valence-corrected chi connectivity index (χ1v) is 12.0. The van der Waals surface area contributed by atoms with Crippen molar-refractivity contribution in [2.75, 3.05) is 65.5 Å². The summed E-state index contributed by atoms with van der Waals surface area (Å²) in [7, 11) is 0. The molecule has 0 aliphatic carbocycles. The topological polar surface area (TPSA) is 73.5 Å². The first kappa shape index (κ1) is 22.1. The molecule has 31 heavy (non-hydrogen) atoms. The van der Waals surface area contributed by atoms with E-state index in [0.717, 1.165) is 96.2 Å². The number of hydrogen-bond donors (Lipinski definition) is 1. The monoisotopic (exact) mass is 431 g/mol. The van der Waals surface area contributed by atoms with E-state index in [1.807, 2.05) is 17.0 Å². The van der Waals surface area contributed by atoms with Crippen molar-refractivity contribution in [1.82, 2.24) is 20.0 Å². The molecule has 0 spiro atoms. The molecule has 3 aliphatic rings. The van der Waals surface area contributed by atoms with E-state index in [4.69, 9.17) is 14.1 Å². The van der Waals surface area contributed by atoms with Crippen LogP contribution in [0.2, 0.25) is 0 Å². The number of likely N-dealkylation sites (tertiary alicyclic amines) is 1. The van der Waals surface area contributed by atoms with Crippen LogP contribution in [0.15, 0.2) is 27.8 Å². The van der Waals surface area contributed by atoms with Gasteiger partial charge < -0.3 is 24.3 Å². The quantitative estimate of drug-likeness (QED) is 0.522. The Morgan fingerprint density at radius 1 is 1.06 bits per heavy atom. The molecular weight excluding hydrogens is 394 g/mol. The molecule has 1 atom stereocenters. The molecule has 3 fully saturated rings. The van der Waals surface area contributed by atoms with Crippen molar-refractivity contribution >= 4 is 11.9 Å². The van der Waals surface area contributed by atoms with Gasteiger partial charge in [0.05, 0.1) is 25.5 Å². The molecule has 1 N–H and O–H groups in total. The standard InChI is InChI=1S/C23H37N5O3/c29-22(27-10-2-1-3-11-27)19-26-12-14-28(15-13-26)23(25-18-21-7-5-17-31-21)24-9-8-20-6-4-16-30-20/h4,6,16,21H,1-3,5,7-15,17-19H2,(H,24,25). The molecule has 1 unspecified atom stereocenters. The normalized spacial score (nSPS) is 23.4. The van der Waals surface area contributed by atoms with E-state index >= 15 is 0 Å². The fourth-order valence-corrected chi connectivity index (χ4v) is 4.55. The van der Waals surface area contributed by atoms with E-state index in [1.165, 1.54) is 6.42 Å². The van der Waals surface area contributed by atoms with Crippen LogP contribution in [0.3, 0.4) is 0 Å². The number of hydrogen-bond acceptors (Lipinski definition) is 5. The van der Waals surface area contributed by atoms with E-state index in [1.54, 1.807) is 6.26 Å². The van der Waals surface area contributed by atoms with Gasteiger partial charge in [-0.2, -0.15) is 0 Å². The summed E-state index contributed by atoms with van der Waals surface area (Å²) < 4.78 is 11.2. The average Bonchev–Trinajstić information content (AvgIpc) is 3.52. The molecule has 3 saturated heterocycles. The Hall–Kier alpha value is -2.06. The minimum absolute atomic E-state index is 0.241. The Balaban J connectivity index is 1.26. The van der Waals surface area contributed by atoms with E-state index in [9.17, 15) is 4.79 Å². The maximum Gasteiger partial charge on any atom is 0.236 e. The van der Waals surface area contributed by atoms with Gasteiger partial charge in [0.25, 0.3) is 0 Å². The molecule has 1 aromatic heterocycles. The molecule has 1 amide bonds. The highest BCUT2D eigenvalue weighted by Crippen LogP contribution is 2.13. The van der Waals surface area contributed by atoms with Crippen LogP contribution in [0.5, 0.6) is 0 Å². The fraction of sp³-hybridized carbons (Fsp3) is 0.739. The van der Waals surface area contributed by atoms with Crippen LogP contribution in [0.4, 0.5) is 0 Å². The second-order valence-corrected chi connectivity index (χ2v) is 8.76. The van der Waals surface area contributed by atoms with Crippen LogP contribution >= 0.6 is 0 Å². The van der Waals surface area contributed by atoms with Gasteiger partial charge in [0.15, 0.2) is 5.96 Å². The van der Waals surface area contributed by atoms with Gasteiger partial charge in [-0.25, -0.2) is 0 Å². The van der Waals surface area contributed by atoms with Crippen molar-refractivity contribution in [3.05, 3.63) is 24.2 Å². The van der Waals surface area contributed by atoms with Gasteiger partial charge in [0.1, 0.15) is 5.76 Å². The number of guanidine groups is 1. The maximum atomic E-state index is 12.6. The number of carbonyl (C=O) groups excluding carboxylic acids is 1. The molecule has 172 valence electrons. The third kappa shape index (κ3) is 6.71. The Morgan fingerprint density at radius 2 is 1.90 bits per heavy atom. The van der Waals surface area contributed by atoms with Crippen LogP contribution in [-0.4, -0.2) is 98.2 Å². The first-order chi connectivity index (χ1) is 15.3. The van der Waals surface area contributed by atoms with Gasteiger partial charge in [0, 0.05) is 58.8 Å². The summed E-state index contributed by atoms with van der Waals surface area (Å²) in [5.74, 6) is 2.22. The number of carbonyl (C=O) groups is 1. The molecule has 8 nitrogen and oxygen atoms in total. The number of ether oxygens (including phenoxy) is 1. The van der Waals surface area contributed by atoms with Gasteiger partial charge >= 0.3 is 0 Å². The molecule has 1 aromatic rings. The van der Waals surface area contributed by atoms with Crippen molar-refractivity contribution in [3.63, 3.8) is 0 Å². The van der Waals surface area contributed by atoms with Crippen LogP contribution in [0.1, 0.15) is 37.9 Å². The third-order valence-corrected chi connectivity index (χ3v) is 6.44. The second-order valence-electron chi connectivity index (χ2n) is 8.76. The van der Waals surface area contributed by atoms with Crippen molar-refractivity contribution in [2.45, 2.75) is 44.6 Å². The molecule has 0 bridgehead atoms. The lowest BCUT2D eigenvalue weighted by Gasteiger charge is -2.37. The predicted molar refractivity (Wildman–Crippen MR) is 120 cm³/mol. The van der Waals surface area contributed by atoms with E-state index in [0.29, 0.717) is 13.1 Å². The Labute approximate surface area is 185 Å². The summed E-state index contributed by atoms with van der Waals surface area (Å²) >= 11 is 0. The van der Waals surface area contributed by atoms with Gasteiger partial charge in [-0.3, -0.25) is 14.7 Å². The van der Waals surface area contributed by atoms with Crippen LogP contribution in [-0.2, 0) is 16.0 Å². The Bertz CT molecular complexity index is 688. The van der Waals surface area contributed by atoms with Crippen LogP contribution in [0, 0.1) is 0 Å². The van der Waals surface area contributed by atoms with Crippen molar-refractivity contribution in [2.24, 2.45) is 4.99 Å². The van der Waals surface area contributed by atoms with Crippen molar-refractivity contribution in [1.29, 1.82) is 0 Å². The SMILES string of the molecule is O=C(CN1CCN(C(=NCC2CCCO2)NCCc2ccco2)CC1)N1CCCCC1. The highest BCUT2D eigenvalue weighted by molar-refractivity contribution is 5.80. The summed E-state index contributed by atoms with van der Waals surface area (Å²) in [6.07, 6.45) is 8.55. The molecule has 0 radical (unpaired) electrons. The summed E-state index contributed by atoms with van der Waals surface area (Å²) in [6, 6.07) is 3.93. The molecule has 0 aromatic carbocycles. The van der Waals surface area contributed by atoms with Crippen LogP contribution in [0.25, 0.3) is 0 Å². The zero-order valence-corrected chi connectivity index (χ0v) is 18.6. The molecular formula is C23H37N5O3. The second kappa shape index (κ2) is 11.5. The number of aliphatic imine (C=N–C) groups is 1. The van der Waals surface area contributed by atoms with Crippen molar-refractivity contribution in [3.8, 4) is 0 Å². The van der Waals surface area contributed by atoms with Gasteiger partial charge in [-0.1, -0.05) is 0 Å². The zero-order valence-electron chi connectivity index (χ0n) is 18.6. The number of amides is 1. The summed E-state index contributed by atoms with van der Waals surface area (Å²) in [6.45, 7) is 8.28. The van der Waals surface area contributed by atoms with E-state index in [-0.39, 0.29) is 12.0 Å². The molecule has 4 rings (SSSR count). The smallest absolute Gasteiger partial charge is 0.236 e. The third-order valence-electron chi connectivity index (χ3n) is 6.44. The summed E-state index contributed by atoms with van der Waals surface area (Å²) in [5, 5.41) is 3.53. The highest BCUT2D eigenvalue weighted by Gasteiger charge is 2.24. The van der Waals surface area contributed by atoms with Gasteiger partial charge in [-0.15, -0.1) is 0 Å². The first-order valence-electron chi connectivity index (χ1n) is 12.0. The number of nitrogens with one attached hydrogen (secondary N) is 1. The minimum Gasteiger partial charge on any atom is -0.469 e. The van der Waals surface area contributed by atoms with E-state index in [2.05, 4.69) is 15.1 Å². The molecule has 3 aliphatic heterocycles. The van der Waals surface area contributed by atoms with Gasteiger partial charge in [-0.05, 0) is 44.2 Å². The largest absolute Gasteiger partial charge is 0.469 e. The lowest BCUT2D eigenvalue weighted by atomic mass is 10.1. The van der Waals surface area contributed by atoms with Crippen molar-refractivity contribution < 1.29 is 13.9 Å². The Kier molecular flexibility index (Phi) is 8.24. The zero-order chi connectivity index (χ0) is 21.3. The fourth-order valence-electron chi connectivity index (χ4n) is 4.55. The average molecular weight is 432 g/mol. The number of piperazine rings is 1. The predicted octanol–water partition coefficient (Wildman–Crippen LogP) is 1.58. The van der Waals surface area contributed by atoms with Gasteiger partial charge in [0.2, 0.25) is 5.91 Å². The molecule has 8 heteroatoms. The number of nitrogens with zero attached hydrogens (tertiary/aromatic N) is 4. The Morgan fingerprint density at radius 3 is 2.61 bits per heavy atom. The maximum absolute atomic E-state index is 12.6. The van der Waals surface area contributed by atoms with Crippen LogP contribution < -0.4 is 5.32 Å². The number of furan rings is 1. The number of rotatable bonds is 7. The summed E-state index contributed by atoms with van der Waals surface area (Å²) in [5.41, 5.74) is 0. The lowest BCUT2D eigenvalue weighted by Crippen LogP contribution is -2.54. The minimum atomic E-state index is 0.241. The molecule has 4 heterocycles. The lowest BCUT2D eigenvalue weighted by molar-refractivity contribution is -0.133. The number of piperidine rings is 1. The summed E-state index contributed by atoms with van der Waals surface area (Å²) in [4.78, 5) is 24.1. The molecule has 0 saturated carbocycles. The van der Waals surface area contributed by atoms with E-state index < -0.39 is 0 Å².